The number of hydrogen-bond acceptors (Lipinski definition) is 3. The van der Waals surface area contributed by atoms with Crippen LogP contribution >= 0.6 is 15.9 Å². The van der Waals surface area contributed by atoms with Crippen LogP contribution in [-0.4, -0.2) is 13.0 Å². The van der Waals surface area contributed by atoms with Crippen LogP contribution in [-0.2, 0) is 6.42 Å². The molecule has 0 aliphatic heterocycles. The van der Waals surface area contributed by atoms with Crippen molar-refractivity contribution in [3.8, 4) is 5.75 Å². The number of carbonyl (C=O) groups is 1. The zero-order chi connectivity index (χ0) is 14.8. The van der Waals surface area contributed by atoms with E-state index < -0.39 is 0 Å². The lowest BCUT2D eigenvalue weighted by Crippen LogP contribution is -2.30. The van der Waals surface area contributed by atoms with Gasteiger partial charge in [0.25, 0.3) is 5.91 Å². The summed E-state index contributed by atoms with van der Waals surface area (Å²) < 4.78 is 11.4. The Kier molecular flexibility index (Phi) is 4.01. The van der Waals surface area contributed by atoms with E-state index in [2.05, 4.69) is 21.2 Å². The fourth-order valence-electron chi connectivity index (χ4n) is 2.69. The van der Waals surface area contributed by atoms with Crippen molar-refractivity contribution < 1.29 is 13.9 Å². The summed E-state index contributed by atoms with van der Waals surface area (Å²) >= 11 is 3.40. The predicted octanol–water partition coefficient (Wildman–Crippen LogP) is 3.86. The van der Waals surface area contributed by atoms with Crippen molar-refractivity contribution in [1.82, 2.24) is 5.32 Å². The van der Waals surface area contributed by atoms with Crippen LogP contribution in [0.25, 0.3) is 0 Å². The summed E-state index contributed by atoms with van der Waals surface area (Å²) in [5.74, 6) is 1.61. The molecule has 2 aromatic rings. The van der Waals surface area contributed by atoms with Crippen molar-refractivity contribution >= 4 is 21.8 Å². The Morgan fingerprint density at radius 2 is 2.29 bits per heavy atom. The molecule has 1 atom stereocenters. The fourth-order valence-corrected chi connectivity index (χ4v) is 3.23. The van der Waals surface area contributed by atoms with Crippen molar-refractivity contribution in [2.45, 2.75) is 25.3 Å². The average Bonchev–Trinajstić information content (AvgIpc) is 2.96. The summed E-state index contributed by atoms with van der Waals surface area (Å²) in [6.07, 6.45) is 4.61. The van der Waals surface area contributed by atoms with E-state index in [0.29, 0.717) is 11.3 Å². The van der Waals surface area contributed by atoms with E-state index in [-0.39, 0.29) is 11.9 Å². The van der Waals surface area contributed by atoms with Crippen molar-refractivity contribution in [2.24, 2.45) is 0 Å². The van der Waals surface area contributed by atoms with Gasteiger partial charge in [-0.1, -0.05) is 0 Å². The average molecular weight is 350 g/mol. The number of furan rings is 1. The van der Waals surface area contributed by atoms with Gasteiger partial charge in [-0.25, -0.2) is 0 Å². The maximum atomic E-state index is 12.4. The van der Waals surface area contributed by atoms with Gasteiger partial charge in [-0.15, -0.1) is 0 Å². The molecule has 4 nitrogen and oxygen atoms in total. The van der Waals surface area contributed by atoms with Crippen molar-refractivity contribution in [3.05, 3.63) is 51.9 Å². The van der Waals surface area contributed by atoms with Crippen molar-refractivity contribution in [3.63, 3.8) is 0 Å². The molecular formula is C16H16BrNO3. The highest BCUT2D eigenvalue weighted by molar-refractivity contribution is 9.10. The second kappa shape index (κ2) is 5.93. The Bertz CT molecular complexity index is 665. The van der Waals surface area contributed by atoms with E-state index in [0.717, 1.165) is 35.1 Å². The molecule has 1 aliphatic carbocycles. The first-order chi connectivity index (χ1) is 10.2. The maximum Gasteiger partial charge on any atom is 0.251 e. The molecule has 0 spiro atoms. The Morgan fingerprint density at radius 1 is 1.43 bits per heavy atom. The summed E-state index contributed by atoms with van der Waals surface area (Å²) in [7, 11) is 1.60. The standard InChI is InChI=1S/C16H16BrNO3/c1-20-15-6-5-10(9-12(15)17)16(19)18-13-3-2-4-14-11(13)7-8-21-14/h5-9,13H,2-4H2,1H3,(H,18,19). The minimum atomic E-state index is -0.0857. The quantitative estimate of drug-likeness (QED) is 0.915. The topological polar surface area (TPSA) is 51.5 Å². The molecular weight excluding hydrogens is 334 g/mol. The number of rotatable bonds is 3. The molecule has 0 saturated heterocycles. The maximum absolute atomic E-state index is 12.4. The lowest BCUT2D eigenvalue weighted by molar-refractivity contribution is 0.0932. The zero-order valence-corrected chi connectivity index (χ0v) is 13.3. The van der Waals surface area contributed by atoms with Crippen molar-refractivity contribution in [1.29, 1.82) is 0 Å². The van der Waals surface area contributed by atoms with Crippen LogP contribution in [0.2, 0.25) is 0 Å². The number of hydrogen-bond donors (Lipinski definition) is 1. The molecule has 1 heterocycles. The van der Waals surface area contributed by atoms with Crippen LogP contribution in [0.15, 0.2) is 39.4 Å². The van der Waals surface area contributed by atoms with Crippen LogP contribution in [0.5, 0.6) is 5.75 Å². The van der Waals surface area contributed by atoms with Gasteiger partial charge in [0.2, 0.25) is 0 Å². The normalized spacial score (nSPS) is 17.1. The monoisotopic (exact) mass is 349 g/mol. The SMILES string of the molecule is COc1ccc(C(=O)NC2CCCc3occc32)cc1Br. The van der Waals surface area contributed by atoms with Crippen molar-refractivity contribution in [2.75, 3.05) is 7.11 Å². The largest absolute Gasteiger partial charge is 0.496 e. The van der Waals surface area contributed by atoms with Gasteiger partial charge >= 0.3 is 0 Å². The molecule has 0 fully saturated rings. The number of aryl methyl sites for hydroxylation is 1. The second-order valence-electron chi connectivity index (χ2n) is 5.07. The van der Waals surface area contributed by atoms with Gasteiger partial charge in [-0.3, -0.25) is 4.79 Å². The Hall–Kier alpha value is -1.75. The first kappa shape index (κ1) is 14.2. The van der Waals surface area contributed by atoms with Gasteiger partial charge < -0.3 is 14.5 Å². The Balaban J connectivity index is 1.77. The third-order valence-corrected chi connectivity index (χ3v) is 4.39. The Morgan fingerprint density at radius 3 is 3.05 bits per heavy atom. The first-order valence-electron chi connectivity index (χ1n) is 6.89. The molecule has 1 N–H and O–H groups in total. The van der Waals surface area contributed by atoms with Gasteiger partial charge in [0.05, 0.1) is 23.9 Å². The predicted molar refractivity (Wildman–Crippen MR) is 82.5 cm³/mol. The van der Waals surface area contributed by atoms with Gasteiger partial charge in [-0.2, -0.15) is 0 Å². The highest BCUT2D eigenvalue weighted by atomic mass is 79.9. The van der Waals surface area contributed by atoms with E-state index in [1.807, 2.05) is 6.07 Å². The number of methoxy groups -OCH3 is 1. The molecule has 1 aromatic carbocycles. The number of nitrogens with one attached hydrogen (secondary N) is 1. The molecule has 21 heavy (non-hydrogen) atoms. The molecule has 0 radical (unpaired) electrons. The smallest absolute Gasteiger partial charge is 0.251 e. The van der Waals surface area contributed by atoms with E-state index in [1.54, 1.807) is 31.6 Å². The number of fused-ring (bicyclic) bond motifs is 1. The van der Waals surface area contributed by atoms with E-state index in [1.165, 1.54) is 0 Å². The molecule has 1 amide bonds. The summed E-state index contributed by atoms with van der Waals surface area (Å²) in [5.41, 5.74) is 1.71. The molecule has 3 rings (SSSR count). The number of benzene rings is 1. The number of carbonyl (C=O) groups excluding carboxylic acids is 1. The van der Waals surface area contributed by atoms with E-state index in [4.69, 9.17) is 9.15 Å². The molecule has 0 saturated carbocycles. The minimum Gasteiger partial charge on any atom is -0.496 e. The van der Waals surface area contributed by atoms with Gasteiger partial charge in [0.1, 0.15) is 11.5 Å². The molecule has 1 aromatic heterocycles. The Labute approximate surface area is 131 Å². The third-order valence-electron chi connectivity index (χ3n) is 3.77. The summed E-state index contributed by atoms with van der Waals surface area (Å²) in [6, 6.07) is 7.29. The molecule has 1 aliphatic rings. The van der Waals surface area contributed by atoms with Gasteiger partial charge in [-0.05, 0) is 53.0 Å². The summed E-state index contributed by atoms with van der Waals surface area (Å²) in [6.45, 7) is 0. The van der Waals surface area contributed by atoms with Crippen LogP contribution in [0.3, 0.4) is 0 Å². The van der Waals surface area contributed by atoms with Crippen LogP contribution < -0.4 is 10.1 Å². The van der Waals surface area contributed by atoms with E-state index >= 15 is 0 Å². The molecule has 110 valence electrons. The zero-order valence-electron chi connectivity index (χ0n) is 11.7. The van der Waals surface area contributed by atoms with Gasteiger partial charge in [0.15, 0.2) is 0 Å². The molecule has 0 bridgehead atoms. The van der Waals surface area contributed by atoms with E-state index in [9.17, 15) is 4.79 Å². The van der Waals surface area contributed by atoms with Crippen LogP contribution in [0.4, 0.5) is 0 Å². The number of ether oxygens (including phenoxy) is 1. The molecule has 1 unspecified atom stereocenters. The van der Waals surface area contributed by atoms with Crippen LogP contribution in [0.1, 0.15) is 40.6 Å². The number of amides is 1. The second-order valence-corrected chi connectivity index (χ2v) is 5.92. The number of halogens is 1. The highest BCUT2D eigenvalue weighted by Gasteiger charge is 2.24. The lowest BCUT2D eigenvalue weighted by Gasteiger charge is -2.22. The minimum absolute atomic E-state index is 0.0286. The summed E-state index contributed by atoms with van der Waals surface area (Å²) in [4.78, 5) is 12.4. The summed E-state index contributed by atoms with van der Waals surface area (Å²) in [5, 5.41) is 3.08. The lowest BCUT2D eigenvalue weighted by atomic mass is 9.93. The fraction of sp³-hybridized carbons (Fsp3) is 0.312. The molecule has 5 heteroatoms. The highest BCUT2D eigenvalue weighted by Crippen LogP contribution is 2.31. The first-order valence-corrected chi connectivity index (χ1v) is 7.69. The van der Waals surface area contributed by atoms with Crippen LogP contribution in [0, 0.1) is 0 Å². The van der Waals surface area contributed by atoms with Gasteiger partial charge in [0, 0.05) is 17.5 Å². The third kappa shape index (κ3) is 2.83.